The second-order valence-corrected chi connectivity index (χ2v) is 7.30. The number of nitrogens with one attached hydrogen (secondary N) is 1. The molecule has 0 radical (unpaired) electrons. The van der Waals surface area contributed by atoms with Gasteiger partial charge in [-0.05, 0) is 63.4 Å². The van der Waals surface area contributed by atoms with E-state index in [2.05, 4.69) is 46.2 Å². The lowest BCUT2D eigenvalue weighted by atomic mass is 10.1. The van der Waals surface area contributed by atoms with E-state index in [0.717, 1.165) is 49.9 Å². The Morgan fingerprint density at radius 1 is 1.32 bits per heavy atom. The second-order valence-electron chi connectivity index (χ2n) is 7.30. The zero-order valence-electron chi connectivity index (χ0n) is 18.3. The highest BCUT2D eigenvalue weighted by Crippen LogP contribution is 2.28. The third-order valence-corrected chi connectivity index (χ3v) is 5.42. The molecule has 6 nitrogen and oxygen atoms in total. The van der Waals surface area contributed by atoms with E-state index in [0.29, 0.717) is 12.6 Å². The van der Waals surface area contributed by atoms with Crippen LogP contribution in [-0.4, -0.2) is 75.8 Å². The van der Waals surface area contributed by atoms with Crippen LogP contribution in [0.1, 0.15) is 38.7 Å². The van der Waals surface area contributed by atoms with E-state index in [-0.39, 0.29) is 0 Å². The van der Waals surface area contributed by atoms with Crippen LogP contribution in [0.25, 0.3) is 0 Å². The van der Waals surface area contributed by atoms with Gasteiger partial charge in [-0.25, -0.2) is 0 Å². The third-order valence-electron chi connectivity index (χ3n) is 5.42. The molecule has 0 bridgehead atoms. The number of likely N-dealkylation sites (N-methyl/N-ethyl adjacent to an activating group) is 2. The number of methoxy groups -OCH3 is 1. The van der Waals surface area contributed by atoms with Crippen LogP contribution in [0.5, 0.6) is 11.5 Å². The Hall–Kier alpha value is -1.95. The number of hydrogen-bond donors (Lipinski definition) is 1. The Morgan fingerprint density at radius 2 is 2.14 bits per heavy atom. The Kier molecular flexibility index (Phi) is 9.41. The molecular weight excluding hydrogens is 352 g/mol. The average Bonchev–Trinajstić information content (AvgIpc) is 3.15. The van der Waals surface area contributed by atoms with Gasteiger partial charge in [0, 0.05) is 33.2 Å². The molecule has 1 aromatic rings. The standard InChI is InChI=1S/C22H38N4O2/c1-6-26-15-9-11-19(26)17-25(4)22(23-3)24-14-8-10-18-12-13-20(27-5)21(16-18)28-7-2/h12-13,16,19H,6-11,14-15,17H2,1-5H3,(H,23,24). The lowest BCUT2D eigenvalue weighted by Gasteiger charge is -2.29. The molecule has 1 N–H and O–H groups in total. The summed E-state index contributed by atoms with van der Waals surface area (Å²) in [4.78, 5) is 9.30. The fourth-order valence-corrected chi connectivity index (χ4v) is 3.94. The summed E-state index contributed by atoms with van der Waals surface area (Å²) in [7, 11) is 5.68. The van der Waals surface area contributed by atoms with Crippen LogP contribution >= 0.6 is 0 Å². The van der Waals surface area contributed by atoms with Gasteiger partial charge in [0.2, 0.25) is 0 Å². The summed E-state index contributed by atoms with van der Waals surface area (Å²) in [6, 6.07) is 6.83. The molecule has 28 heavy (non-hydrogen) atoms. The van der Waals surface area contributed by atoms with Gasteiger partial charge in [-0.2, -0.15) is 0 Å². The van der Waals surface area contributed by atoms with Crippen LogP contribution in [0.2, 0.25) is 0 Å². The number of rotatable bonds is 10. The fourth-order valence-electron chi connectivity index (χ4n) is 3.94. The summed E-state index contributed by atoms with van der Waals surface area (Å²) in [5.41, 5.74) is 1.26. The van der Waals surface area contributed by atoms with Gasteiger partial charge in [0.05, 0.1) is 13.7 Å². The van der Waals surface area contributed by atoms with Crippen molar-refractivity contribution in [3.05, 3.63) is 23.8 Å². The minimum Gasteiger partial charge on any atom is -0.493 e. The number of aryl methyl sites for hydroxylation is 1. The zero-order valence-corrected chi connectivity index (χ0v) is 18.3. The van der Waals surface area contributed by atoms with Crippen molar-refractivity contribution in [1.29, 1.82) is 0 Å². The van der Waals surface area contributed by atoms with Crippen molar-refractivity contribution in [2.45, 2.75) is 45.6 Å². The van der Waals surface area contributed by atoms with Crippen LogP contribution in [0.3, 0.4) is 0 Å². The second kappa shape index (κ2) is 11.8. The topological polar surface area (TPSA) is 49.3 Å². The maximum Gasteiger partial charge on any atom is 0.193 e. The minimum absolute atomic E-state index is 0.639. The maximum absolute atomic E-state index is 5.67. The van der Waals surface area contributed by atoms with Gasteiger partial charge in [0.25, 0.3) is 0 Å². The first-order chi connectivity index (χ1) is 13.6. The smallest absolute Gasteiger partial charge is 0.193 e. The zero-order chi connectivity index (χ0) is 20.4. The molecule has 2 rings (SSSR count). The Morgan fingerprint density at radius 3 is 2.82 bits per heavy atom. The highest BCUT2D eigenvalue weighted by Gasteiger charge is 2.24. The van der Waals surface area contributed by atoms with Gasteiger partial charge in [-0.3, -0.25) is 9.89 Å². The average molecular weight is 391 g/mol. The monoisotopic (exact) mass is 390 g/mol. The molecule has 1 fully saturated rings. The van der Waals surface area contributed by atoms with E-state index in [1.807, 2.05) is 20.0 Å². The first kappa shape index (κ1) is 22.3. The Balaban J connectivity index is 1.79. The largest absolute Gasteiger partial charge is 0.493 e. The van der Waals surface area contributed by atoms with Gasteiger partial charge in [-0.1, -0.05) is 13.0 Å². The molecule has 1 aliphatic rings. The molecule has 0 saturated carbocycles. The highest BCUT2D eigenvalue weighted by atomic mass is 16.5. The summed E-state index contributed by atoms with van der Waals surface area (Å²) in [6.07, 6.45) is 4.62. The van der Waals surface area contributed by atoms with Crippen LogP contribution in [0.4, 0.5) is 0 Å². The third kappa shape index (κ3) is 6.30. The van der Waals surface area contributed by atoms with Crippen LogP contribution in [-0.2, 0) is 6.42 Å². The predicted molar refractivity (Wildman–Crippen MR) is 117 cm³/mol. The lowest BCUT2D eigenvalue weighted by Crippen LogP contribution is -2.46. The number of guanidine groups is 1. The van der Waals surface area contributed by atoms with E-state index >= 15 is 0 Å². The van der Waals surface area contributed by atoms with Gasteiger partial charge in [-0.15, -0.1) is 0 Å². The molecule has 1 heterocycles. The quantitative estimate of drug-likeness (QED) is 0.378. The molecule has 1 aliphatic heterocycles. The van der Waals surface area contributed by atoms with Crippen LogP contribution in [0, 0.1) is 0 Å². The van der Waals surface area contributed by atoms with Gasteiger partial charge in [0.15, 0.2) is 17.5 Å². The van der Waals surface area contributed by atoms with E-state index in [9.17, 15) is 0 Å². The number of likely N-dealkylation sites (tertiary alicyclic amines) is 1. The molecule has 0 aromatic heterocycles. The Labute approximate surface area is 170 Å². The molecule has 158 valence electrons. The summed E-state index contributed by atoms with van der Waals surface area (Å²) < 4.78 is 11.0. The Bertz CT molecular complexity index is 621. The summed E-state index contributed by atoms with van der Waals surface area (Å²) in [6.45, 7) is 9.17. The first-order valence-corrected chi connectivity index (χ1v) is 10.6. The van der Waals surface area contributed by atoms with Crippen molar-refractivity contribution in [2.24, 2.45) is 4.99 Å². The number of benzene rings is 1. The molecule has 0 spiro atoms. The molecule has 0 amide bonds. The van der Waals surface area contributed by atoms with Crippen molar-refractivity contribution in [3.63, 3.8) is 0 Å². The number of hydrogen-bond acceptors (Lipinski definition) is 4. The molecule has 1 atom stereocenters. The first-order valence-electron chi connectivity index (χ1n) is 10.6. The molecule has 1 unspecified atom stereocenters. The van der Waals surface area contributed by atoms with Crippen molar-refractivity contribution in [2.75, 3.05) is 54.0 Å². The summed E-state index contributed by atoms with van der Waals surface area (Å²) in [5.74, 6) is 2.59. The van der Waals surface area contributed by atoms with Crippen molar-refractivity contribution < 1.29 is 9.47 Å². The number of aliphatic imine (C=N–C) groups is 1. The predicted octanol–water partition coefficient (Wildman–Crippen LogP) is 3.02. The maximum atomic E-state index is 5.67. The van der Waals surface area contributed by atoms with Gasteiger partial charge in [0.1, 0.15) is 0 Å². The van der Waals surface area contributed by atoms with Crippen molar-refractivity contribution >= 4 is 5.96 Å². The van der Waals surface area contributed by atoms with Crippen molar-refractivity contribution in [1.82, 2.24) is 15.1 Å². The molecule has 1 saturated heterocycles. The van der Waals surface area contributed by atoms with Crippen LogP contribution in [0.15, 0.2) is 23.2 Å². The molecule has 1 aromatic carbocycles. The van der Waals surface area contributed by atoms with E-state index in [1.54, 1.807) is 7.11 Å². The molecular formula is C22H38N4O2. The summed E-state index contributed by atoms with van der Waals surface area (Å²) >= 11 is 0. The van der Waals surface area contributed by atoms with Crippen LogP contribution < -0.4 is 14.8 Å². The molecule has 6 heteroatoms. The van der Waals surface area contributed by atoms with Gasteiger partial charge < -0.3 is 19.7 Å². The van der Waals surface area contributed by atoms with Gasteiger partial charge >= 0.3 is 0 Å². The van der Waals surface area contributed by atoms with E-state index < -0.39 is 0 Å². The summed E-state index contributed by atoms with van der Waals surface area (Å²) in [5, 5.41) is 3.51. The lowest BCUT2D eigenvalue weighted by molar-refractivity contribution is 0.232. The minimum atomic E-state index is 0.639. The molecule has 0 aliphatic carbocycles. The fraction of sp³-hybridized carbons (Fsp3) is 0.682. The van der Waals surface area contributed by atoms with E-state index in [1.165, 1.54) is 24.9 Å². The van der Waals surface area contributed by atoms with Crippen molar-refractivity contribution in [3.8, 4) is 11.5 Å². The normalized spacial score (nSPS) is 17.6. The highest BCUT2D eigenvalue weighted by molar-refractivity contribution is 5.79. The SMILES string of the molecule is CCOc1cc(CCCNC(=NC)N(C)CC2CCCN2CC)ccc1OC. The van der Waals surface area contributed by atoms with E-state index in [4.69, 9.17) is 9.47 Å². The number of ether oxygens (including phenoxy) is 2. The number of nitrogens with zero attached hydrogens (tertiary/aromatic N) is 3.